The molecule has 142 valence electrons. The monoisotopic (exact) mass is 412 g/mol. The van der Waals surface area contributed by atoms with E-state index in [1.807, 2.05) is 30.3 Å². The number of benzene rings is 2. The SMILES string of the molecule is C=CCN1C(=O)/C(=C/c2cc([N+](=O)[O-])ccc2OCc2ccccc2)SC1=S. The largest absolute Gasteiger partial charge is 0.488 e. The first-order valence-corrected chi connectivity index (χ1v) is 9.53. The normalized spacial score (nSPS) is 15.1. The maximum Gasteiger partial charge on any atom is 0.270 e. The van der Waals surface area contributed by atoms with E-state index in [1.54, 1.807) is 12.2 Å². The quantitative estimate of drug-likeness (QED) is 0.218. The predicted molar refractivity (Wildman–Crippen MR) is 114 cm³/mol. The fourth-order valence-electron chi connectivity index (χ4n) is 2.56. The molecule has 1 aliphatic heterocycles. The van der Waals surface area contributed by atoms with Crippen LogP contribution < -0.4 is 4.74 Å². The van der Waals surface area contributed by atoms with Crippen LogP contribution in [0, 0.1) is 10.1 Å². The standard InChI is InChI=1S/C20H16N2O4S2/c1-2-10-21-19(23)18(28-20(21)27)12-15-11-16(22(24)25)8-9-17(15)26-13-14-6-4-3-5-7-14/h2-9,11-12H,1,10,13H2/b18-12-. The van der Waals surface area contributed by atoms with Crippen LogP contribution in [0.5, 0.6) is 5.75 Å². The average Bonchev–Trinajstić information content (AvgIpc) is 2.95. The lowest BCUT2D eigenvalue weighted by molar-refractivity contribution is -0.384. The van der Waals surface area contributed by atoms with Crippen molar-refractivity contribution in [1.29, 1.82) is 0 Å². The molecular weight excluding hydrogens is 396 g/mol. The van der Waals surface area contributed by atoms with Crippen LogP contribution in [0.3, 0.4) is 0 Å². The van der Waals surface area contributed by atoms with Crippen LogP contribution >= 0.6 is 24.0 Å². The molecule has 0 saturated carbocycles. The summed E-state index contributed by atoms with van der Waals surface area (Å²) in [6.45, 7) is 4.24. The van der Waals surface area contributed by atoms with E-state index in [-0.39, 0.29) is 11.6 Å². The molecule has 1 aliphatic rings. The number of thiocarbonyl (C=S) groups is 1. The Morgan fingerprint density at radius 3 is 2.68 bits per heavy atom. The zero-order valence-electron chi connectivity index (χ0n) is 14.7. The van der Waals surface area contributed by atoms with E-state index in [0.717, 1.165) is 17.3 Å². The van der Waals surface area contributed by atoms with Gasteiger partial charge in [0.25, 0.3) is 11.6 Å². The summed E-state index contributed by atoms with van der Waals surface area (Å²) in [6, 6.07) is 13.9. The Hall–Kier alpha value is -2.97. The minimum Gasteiger partial charge on any atom is -0.488 e. The van der Waals surface area contributed by atoms with Crippen molar-refractivity contribution in [2.75, 3.05) is 6.54 Å². The molecule has 8 heteroatoms. The number of hydrogen-bond acceptors (Lipinski definition) is 6. The molecule has 0 atom stereocenters. The van der Waals surface area contributed by atoms with E-state index in [4.69, 9.17) is 17.0 Å². The molecular formula is C20H16N2O4S2. The van der Waals surface area contributed by atoms with Crippen molar-refractivity contribution < 1.29 is 14.5 Å². The zero-order valence-corrected chi connectivity index (χ0v) is 16.4. The van der Waals surface area contributed by atoms with Gasteiger partial charge in [0.1, 0.15) is 16.7 Å². The number of non-ortho nitro benzene ring substituents is 1. The van der Waals surface area contributed by atoms with Gasteiger partial charge < -0.3 is 4.74 Å². The van der Waals surface area contributed by atoms with E-state index in [0.29, 0.717) is 33.7 Å². The van der Waals surface area contributed by atoms with Crippen molar-refractivity contribution in [3.8, 4) is 5.75 Å². The van der Waals surface area contributed by atoms with Gasteiger partial charge >= 0.3 is 0 Å². The van der Waals surface area contributed by atoms with E-state index in [9.17, 15) is 14.9 Å². The molecule has 0 aromatic heterocycles. The number of rotatable bonds is 7. The van der Waals surface area contributed by atoms with Crippen LogP contribution in [-0.4, -0.2) is 26.6 Å². The van der Waals surface area contributed by atoms with Crippen molar-refractivity contribution in [2.45, 2.75) is 6.61 Å². The molecule has 0 radical (unpaired) electrons. The lowest BCUT2D eigenvalue weighted by Crippen LogP contribution is -2.27. The Balaban J connectivity index is 1.92. The highest BCUT2D eigenvalue weighted by Crippen LogP contribution is 2.35. The van der Waals surface area contributed by atoms with E-state index in [2.05, 4.69) is 6.58 Å². The lowest BCUT2D eigenvalue weighted by Gasteiger charge is -2.11. The number of thioether (sulfide) groups is 1. The number of nitro benzene ring substituents is 1. The summed E-state index contributed by atoms with van der Waals surface area (Å²) in [6.07, 6.45) is 3.17. The first-order valence-electron chi connectivity index (χ1n) is 8.31. The van der Waals surface area contributed by atoms with Gasteiger partial charge in [0.05, 0.1) is 9.83 Å². The molecule has 0 bridgehead atoms. The summed E-state index contributed by atoms with van der Waals surface area (Å²) >= 11 is 6.38. The Bertz CT molecular complexity index is 973. The van der Waals surface area contributed by atoms with E-state index < -0.39 is 4.92 Å². The van der Waals surface area contributed by atoms with Gasteiger partial charge in [-0.2, -0.15) is 0 Å². The third-order valence-corrected chi connectivity index (χ3v) is 5.29. The summed E-state index contributed by atoms with van der Waals surface area (Å²) in [7, 11) is 0. The third-order valence-electron chi connectivity index (χ3n) is 3.91. The lowest BCUT2D eigenvalue weighted by atomic mass is 10.1. The number of ether oxygens (including phenoxy) is 1. The molecule has 3 rings (SSSR count). The molecule has 2 aromatic carbocycles. The predicted octanol–water partition coefficient (Wildman–Crippen LogP) is 4.56. The molecule has 0 spiro atoms. The minimum absolute atomic E-state index is 0.0834. The number of nitro groups is 1. The van der Waals surface area contributed by atoms with Gasteiger partial charge in [-0.15, -0.1) is 6.58 Å². The van der Waals surface area contributed by atoms with Crippen molar-refractivity contribution >= 4 is 46.0 Å². The van der Waals surface area contributed by atoms with Gasteiger partial charge in [-0.3, -0.25) is 19.8 Å². The average molecular weight is 412 g/mol. The number of carbonyl (C=O) groups is 1. The molecule has 2 aromatic rings. The first-order chi connectivity index (χ1) is 13.5. The van der Waals surface area contributed by atoms with Crippen LogP contribution in [0.1, 0.15) is 11.1 Å². The highest BCUT2D eigenvalue weighted by atomic mass is 32.2. The second-order valence-corrected chi connectivity index (χ2v) is 7.51. The summed E-state index contributed by atoms with van der Waals surface area (Å²) in [5, 5.41) is 11.2. The van der Waals surface area contributed by atoms with E-state index in [1.165, 1.54) is 23.1 Å². The van der Waals surface area contributed by atoms with Crippen LogP contribution in [0.15, 0.2) is 66.1 Å². The highest BCUT2D eigenvalue weighted by molar-refractivity contribution is 8.26. The first kappa shape index (κ1) is 19.8. The number of nitrogens with zero attached hydrogens (tertiary/aromatic N) is 2. The minimum atomic E-state index is -0.485. The molecule has 0 unspecified atom stereocenters. The van der Waals surface area contributed by atoms with Crippen molar-refractivity contribution in [3.63, 3.8) is 0 Å². The van der Waals surface area contributed by atoms with Gasteiger partial charge in [-0.05, 0) is 17.7 Å². The molecule has 0 N–H and O–H groups in total. The number of hydrogen-bond donors (Lipinski definition) is 0. The smallest absolute Gasteiger partial charge is 0.270 e. The Morgan fingerprint density at radius 2 is 2.00 bits per heavy atom. The van der Waals surface area contributed by atoms with Crippen LogP contribution in [0.4, 0.5) is 5.69 Å². The summed E-state index contributed by atoms with van der Waals surface area (Å²) in [5.74, 6) is 0.193. The van der Waals surface area contributed by atoms with Crippen LogP contribution in [-0.2, 0) is 11.4 Å². The molecule has 1 amide bonds. The topological polar surface area (TPSA) is 72.7 Å². The molecule has 1 fully saturated rings. The van der Waals surface area contributed by atoms with E-state index >= 15 is 0 Å². The van der Waals surface area contributed by atoms with Gasteiger partial charge in [-0.25, -0.2) is 0 Å². The highest BCUT2D eigenvalue weighted by Gasteiger charge is 2.31. The van der Waals surface area contributed by atoms with Gasteiger partial charge in [0.15, 0.2) is 0 Å². The van der Waals surface area contributed by atoms with Gasteiger partial charge in [0, 0.05) is 24.2 Å². The van der Waals surface area contributed by atoms with Crippen molar-refractivity contribution in [3.05, 3.63) is 87.3 Å². The fourth-order valence-corrected chi connectivity index (χ4v) is 3.82. The second kappa shape index (κ2) is 8.81. The summed E-state index contributed by atoms with van der Waals surface area (Å²) < 4.78 is 6.28. The van der Waals surface area contributed by atoms with Gasteiger partial charge in [-0.1, -0.05) is 60.4 Å². The summed E-state index contributed by atoms with van der Waals surface area (Å²) in [5.41, 5.74) is 1.33. The van der Waals surface area contributed by atoms with Crippen molar-refractivity contribution in [1.82, 2.24) is 4.90 Å². The maximum atomic E-state index is 12.5. The Morgan fingerprint density at radius 1 is 1.25 bits per heavy atom. The molecule has 28 heavy (non-hydrogen) atoms. The maximum absolute atomic E-state index is 12.5. The van der Waals surface area contributed by atoms with Crippen molar-refractivity contribution in [2.24, 2.45) is 0 Å². The molecule has 1 saturated heterocycles. The molecule has 0 aliphatic carbocycles. The third kappa shape index (κ3) is 4.47. The Kier molecular flexibility index (Phi) is 6.23. The second-order valence-electron chi connectivity index (χ2n) is 5.83. The van der Waals surface area contributed by atoms with Gasteiger partial charge in [0.2, 0.25) is 0 Å². The number of amides is 1. The molecule has 1 heterocycles. The fraction of sp³-hybridized carbons (Fsp3) is 0.100. The Labute approximate surface area is 171 Å². The molecule has 6 nitrogen and oxygen atoms in total. The summed E-state index contributed by atoms with van der Waals surface area (Å²) in [4.78, 5) is 25.0. The zero-order chi connectivity index (χ0) is 20.1. The van der Waals surface area contributed by atoms with Crippen LogP contribution in [0.25, 0.3) is 6.08 Å². The number of carbonyl (C=O) groups excluding carboxylic acids is 1. The van der Waals surface area contributed by atoms with Crippen LogP contribution in [0.2, 0.25) is 0 Å².